The number of amides is 2. The van der Waals surface area contributed by atoms with Crippen LogP contribution in [0.4, 0.5) is 10.5 Å². The lowest BCUT2D eigenvalue weighted by Gasteiger charge is -2.25. The molecule has 0 aliphatic rings. The minimum absolute atomic E-state index is 0.131. The van der Waals surface area contributed by atoms with Crippen LogP contribution in [-0.4, -0.2) is 29.6 Å². The Labute approximate surface area is 154 Å². The Morgan fingerprint density at radius 2 is 1.69 bits per heavy atom. The van der Waals surface area contributed by atoms with Crippen LogP contribution in [0.25, 0.3) is 0 Å². The summed E-state index contributed by atoms with van der Waals surface area (Å²) in [4.78, 5) is 35.6. The molecule has 0 unspecified atom stereocenters. The van der Waals surface area contributed by atoms with Crippen molar-refractivity contribution in [2.24, 2.45) is 5.92 Å². The van der Waals surface area contributed by atoms with E-state index in [1.165, 1.54) is 6.92 Å². The van der Waals surface area contributed by atoms with Crippen LogP contribution in [0.5, 0.6) is 5.75 Å². The zero-order valence-corrected chi connectivity index (χ0v) is 16.2. The van der Waals surface area contributed by atoms with Gasteiger partial charge in [0.15, 0.2) is 0 Å². The molecule has 0 fully saturated rings. The van der Waals surface area contributed by atoms with Crippen LogP contribution in [0.15, 0.2) is 24.3 Å². The lowest BCUT2D eigenvalue weighted by atomic mass is 9.99. The molecule has 0 aromatic heterocycles. The van der Waals surface area contributed by atoms with E-state index in [9.17, 15) is 14.4 Å². The van der Waals surface area contributed by atoms with Crippen LogP contribution in [-0.2, 0) is 14.3 Å². The zero-order chi connectivity index (χ0) is 19.9. The highest BCUT2D eigenvalue weighted by atomic mass is 16.6. The van der Waals surface area contributed by atoms with Crippen LogP contribution in [0, 0.1) is 5.92 Å². The maximum Gasteiger partial charge on any atom is 0.408 e. The summed E-state index contributed by atoms with van der Waals surface area (Å²) >= 11 is 0. The number of alkyl carbamates (subject to hydrolysis) is 1. The molecule has 0 saturated heterocycles. The Hall–Kier alpha value is -2.57. The van der Waals surface area contributed by atoms with Crippen LogP contribution in [0.1, 0.15) is 48.0 Å². The number of hydrogen-bond donors (Lipinski definition) is 2. The van der Waals surface area contributed by atoms with Crippen molar-refractivity contribution >= 4 is 23.7 Å². The molecule has 0 bridgehead atoms. The second kappa shape index (κ2) is 9.22. The highest BCUT2D eigenvalue weighted by Crippen LogP contribution is 2.18. The van der Waals surface area contributed by atoms with E-state index in [0.29, 0.717) is 17.9 Å². The summed E-state index contributed by atoms with van der Waals surface area (Å²) in [6.07, 6.45) is 0.0116. The van der Waals surface area contributed by atoms with Crippen molar-refractivity contribution in [3.63, 3.8) is 0 Å². The number of rotatable bonds is 6. The standard InChI is InChI=1S/C19H28N2O5/c1-7-12(2)16(21-18(24)26-19(4,5)6)17(23)25-15-10-8-14(9-11-15)20-13(3)22/h8-12,16H,7H2,1-6H3,(H,20,22)(H,21,24)/t12-,16-/m0/s1. The first-order valence-electron chi connectivity index (χ1n) is 8.60. The molecule has 2 amide bonds. The van der Waals surface area contributed by atoms with Crippen molar-refractivity contribution in [2.75, 3.05) is 5.32 Å². The predicted molar refractivity (Wildman–Crippen MR) is 99.0 cm³/mol. The molecule has 0 radical (unpaired) electrons. The molecule has 7 nitrogen and oxygen atoms in total. The fourth-order valence-electron chi connectivity index (χ4n) is 2.09. The average molecular weight is 364 g/mol. The molecular weight excluding hydrogens is 336 g/mol. The Bertz CT molecular complexity index is 634. The van der Waals surface area contributed by atoms with Crippen molar-refractivity contribution in [3.8, 4) is 5.75 Å². The van der Waals surface area contributed by atoms with E-state index in [4.69, 9.17) is 9.47 Å². The molecular formula is C19H28N2O5. The minimum Gasteiger partial charge on any atom is -0.444 e. The van der Waals surface area contributed by atoms with E-state index < -0.39 is 23.7 Å². The van der Waals surface area contributed by atoms with E-state index in [2.05, 4.69) is 10.6 Å². The summed E-state index contributed by atoms with van der Waals surface area (Å²) in [5.41, 5.74) is -0.0595. The van der Waals surface area contributed by atoms with Crippen molar-refractivity contribution in [2.45, 2.75) is 59.6 Å². The van der Waals surface area contributed by atoms with Crippen LogP contribution < -0.4 is 15.4 Å². The third kappa shape index (κ3) is 7.55. The molecule has 144 valence electrons. The summed E-state index contributed by atoms with van der Waals surface area (Å²) in [7, 11) is 0. The molecule has 0 heterocycles. The Morgan fingerprint density at radius 1 is 1.12 bits per heavy atom. The van der Waals surface area contributed by atoms with Crippen molar-refractivity contribution in [1.82, 2.24) is 5.32 Å². The minimum atomic E-state index is -0.829. The van der Waals surface area contributed by atoms with Crippen LogP contribution in [0.3, 0.4) is 0 Å². The summed E-state index contributed by atoms with van der Waals surface area (Å²) in [6.45, 7) is 10.4. The monoisotopic (exact) mass is 364 g/mol. The third-order valence-corrected chi connectivity index (χ3v) is 3.53. The number of nitrogens with one attached hydrogen (secondary N) is 2. The maximum atomic E-state index is 12.5. The molecule has 0 saturated carbocycles. The predicted octanol–water partition coefficient (Wildman–Crippen LogP) is 3.49. The first-order valence-corrected chi connectivity index (χ1v) is 8.60. The smallest absolute Gasteiger partial charge is 0.408 e. The first-order chi connectivity index (χ1) is 12.0. The highest BCUT2D eigenvalue weighted by molar-refractivity contribution is 5.88. The molecule has 26 heavy (non-hydrogen) atoms. The summed E-state index contributed by atoms with van der Waals surface area (Å²) in [5.74, 6) is -0.567. The van der Waals surface area contributed by atoms with Gasteiger partial charge in [0.1, 0.15) is 17.4 Å². The molecule has 0 aliphatic heterocycles. The van der Waals surface area contributed by atoms with Crippen molar-refractivity contribution < 1.29 is 23.9 Å². The number of carbonyl (C=O) groups excluding carboxylic acids is 3. The maximum absolute atomic E-state index is 12.5. The summed E-state index contributed by atoms with van der Waals surface area (Å²) in [6, 6.07) is 5.58. The molecule has 7 heteroatoms. The molecule has 1 rings (SSSR count). The lowest BCUT2D eigenvalue weighted by molar-refractivity contribution is -0.138. The number of carbonyl (C=O) groups is 3. The SMILES string of the molecule is CC[C@H](C)[C@H](NC(=O)OC(C)(C)C)C(=O)Oc1ccc(NC(C)=O)cc1. The topological polar surface area (TPSA) is 93.7 Å². The van der Waals surface area contributed by atoms with E-state index in [1.807, 2.05) is 13.8 Å². The third-order valence-electron chi connectivity index (χ3n) is 3.53. The van der Waals surface area contributed by atoms with Gasteiger partial charge < -0.3 is 20.1 Å². The van der Waals surface area contributed by atoms with Gasteiger partial charge in [-0.15, -0.1) is 0 Å². The fourth-order valence-corrected chi connectivity index (χ4v) is 2.09. The van der Waals surface area contributed by atoms with Gasteiger partial charge in [0, 0.05) is 12.6 Å². The fraction of sp³-hybridized carbons (Fsp3) is 0.526. The number of esters is 1. The van der Waals surface area contributed by atoms with Gasteiger partial charge >= 0.3 is 12.1 Å². The van der Waals surface area contributed by atoms with Gasteiger partial charge in [0.05, 0.1) is 0 Å². The molecule has 2 N–H and O–H groups in total. The van der Waals surface area contributed by atoms with Crippen molar-refractivity contribution in [1.29, 1.82) is 0 Å². The Morgan fingerprint density at radius 3 is 2.15 bits per heavy atom. The van der Waals surface area contributed by atoms with Gasteiger partial charge in [-0.3, -0.25) is 4.79 Å². The lowest BCUT2D eigenvalue weighted by Crippen LogP contribution is -2.48. The molecule has 0 aliphatic carbocycles. The highest BCUT2D eigenvalue weighted by Gasteiger charge is 2.29. The molecule has 1 aromatic rings. The van der Waals surface area contributed by atoms with Gasteiger partial charge in [0.2, 0.25) is 5.91 Å². The molecule has 2 atom stereocenters. The van der Waals surface area contributed by atoms with Crippen LogP contribution >= 0.6 is 0 Å². The van der Waals surface area contributed by atoms with Gasteiger partial charge in [0.25, 0.3) is 0 Å². The second-order valence-corrected chi connectivity index (χ2v) is 7.14. The van der Waals surface area contributed by atoms with Gasteiger partial charge in [-0.2, -0.15) is 0 Å². The Balaban J connectivity index is 2.79. The number of ether oxygens (including phenoxy) is 2. The van der Waals surface area contributed by atoms with Gasteiger partial charge in [-0.25, -0.2) is 9.59 Å². The zero-order valence-electron chi connectivity index (χ0n) is 16.2. The van der Waals surface area contributed by atoms with Gasteiger partial charge in [-0.1, -0.05) is 20.3 Å². The summed E-state index contributed by atoms with van der Waals surface area (Å²) < 4.78 is 10.6. The number of benzene rings is 1. The van der Waals surface area contributed by atoms with Crippen LogP contribution in [0.2, 0.25) is 0 Å². The van der Waals surface area contributed by atoms with E-state index >= 15 is 0 Å². The first kappa shape index (κ1) is 21.5. The largest absolute Gasteiger partial charge is 0.444 e. The average Bonchev–Trinajstić information content (AvgIpc) is 2.51. The quantitative estimate of drug-likeness (QED) is 0.595. The normalized spacial score (nSPS) is 13.3. The van der Waals surface area contributed by atoms with E-state index in [0.717, 1.165) is 0 Å². The Kier molecular flexibility index (Phi) is 7.61. The van der Waals surface area contributed by atoms with E-state index in [-0.39, 0.29) is 11.8 Å². The second-order valence-electron chi connectivity index (χ2n) is 7.14. The number of hydrogen-bond acceptors (Lipinski definition) is 5. The van der Waals surface area contributed by atoms with Crippen molar-refractivity contribution in [3.05, 3.63) is 24.3 Å². The van der Waals surface area contributed by atoms with Gasteiger partial charge in [-0.05, 0) is 51.0 Å². The number of anilines is 1. The van der Waals surface area contributed by atoms with E-state index in [1.54, 1.807) is 45.0 Å². The molecule has 0 spiro atoms. The summed E-state index contributed by atoms with van der Waals surface area (Å²) in [5, 5.41) is 5.22. The molecule has 1 aromatic carbocycles.